The Labute approximate surface area is 104 Å². The van der Waals surface area contributed by atoms with Crippen LogP contribution < -0.4 is 5.32 Å². The molecule has 1 N–H and O–H groups in total. The monoisotopic (exact) mass is 241 g/mol. The van der Waals surface area contributed by atoms with Crippen LogP contribution in [0, 0.1) is 0 Å². The van der Waals surface area contributed by atoms with Gasteiger partial charge in [-0.1, -0.05) is 30.3 Å². The summed E-state index contributed by atoms with van der Waals surface area (Å²) >= 11 is 0. The highest BCUT2D eigenvalue weighted by Gasteiger charge is 2.12. The van der Waals surface area contributed by atoms with Crippen molar-refractivity contribution in [3.63, 3.8) is 0 Å². The minimum Gasteiger partial charge on any atom is -0.378 e. The van der Waals surface area contributed by atoms with Gasteiger partial charge in [0, 0.05) is 0 Å². The molecule has 1 aliphatic heterocycles. The Balaban J connectivity index is 0.00000128. The lowest BCUT2D eigenvalue weighted by molar-refractivity contribution is 0.0349. The number of ether oxygens (including phenoxy) is 1. The molecule has 3 heteroatoms. The Kier molecular flexibility index (Phi) is 6.46. The van der Waals surface area contributed by atoms with Crippen molar-refractivity contribution in [3.05, 3.63) is 35.9 Å². The van der Waals surface area contributed by atoms with Crippen LogP contribution in [-0.2, 0) is 11.2 Å². The van der Waals surface area contributed by atoms with E-state index in [-0.39, 0.29) is 12.4 Å². The van der Waals surface area contributed by atoms with Gasteiger partial charge in [-0.25, -0.2) is 0 Å². The van der Waals surface area contributed by atoms with Crippen LogP contribution in [0.4, 0.5) is 0 Å². The molecule has 2 nitrogen and oxygen atoms in total. The van der Waals surface area contributed by atoms with Crippen molar-refractivity contribution < 1.29 is 4.74 Å². The van der Waals surface area contributed by atoms with E-state index in [0.29, 0.717) is 6.10 Å². The van der Waals surface area contributed by atoms with Crippen LogP contribution in [0.3, 0.4) is 0 Å². The summed E-state index contributed by atoms with van der Waals surface area (Å²) < 4.78 is 5.85. The molecule has 1 heterocycles. The van der Waals surface area contributed by atoms with Crippen LogP contribution in [0.1, 0.15) is 18.4 Å². The van der Waals surface area contributed by atoms with Crippen LogP contribution in [0.5, 0.6) is 0 Å². The van der Waals surface area contributed by atoms with Crippen LogP contribution in [0.15, 0.2) is 30.3 Å². The summed E-state index contributed by atoms with van der Waals surface area (Å²) in [6, 6.07) is 10.5. The van der Waals surface area contributed by atoms with Crippen LogP contribution in [0.25, 0.3) is 0 Å². The van der Waals surface area contributed by atoms with Crippen molar-refractivity contribution in [2.24, 2.45) is 0 Å². The highest BCUT2D eigenvalue weighted by Crippen LogP contribution is 2.08. The van der Waals surface area contributed by atoms with Gasteiger partial charge in [-0.15, -0.1) is 12.4 Å². The molecule has 90 valence electrons. The van der Waals surface area contributed by atoms with Crippen LogP contribution >= 0.6 is 12.4 Å². The lowest BCUT2D eigenvalue weighted by Crippen LogP contribution is -2.32. The summed E-state index contributed by atoms with van der Waals surface area (Å²) in [6.45, 7) is 3.07. The van der Waals surface area contributed by atoms with Gasteiger partial charge in [0.1, 0.15) is 0 Å². The highest BCUT2D eigenvalue weighted by atomic mass is 35.5. The molecule has 16 heavy (non-hydrogen) atoms. The Morgan fingerprint density at radius 3 is 2.50 bits per heavy atom. The summed E-state index contributed by atoms with van der Waals surface area (Å²) in [6.07, 6.45) is 3.84. The molecule has 0 aromatic heterocycles. The molecule has 0 radical (unpaired) electrons. The van der Waals surface area contributed by atoms with E-state index in [2.05, 4.69) is 35.6 Å². The largest absolute Gasteiger partial charge is 0.378 e. The first-order valence-corrected chi connectivity index (χ1v) is 5.81. The smallest absolute Gasteiger partial charge is 0.0599 e. The van der Waals surface area contributed by atoms with Crippen LogP contribution in [0.2, 0.25) is 0 Å². The number of nitrogens with one attached hydrogen (secondary N) is 1. The molecule has 1 aliphatic rings. The van der Waals surface area contributed by atoms with Gasteiger partial charge < -0.3 is 10.1 Å². The van der Waals surface area contributed by atoms with Crippen molar-refractivity contribution in [3.8, 4) is 0 Å². The fourth-order valence-corrected chi connectivity index (χ4v) is 1.95. The normalized spacial score (nSPS) is 16.8. The summed E-state index contributed by atoms with van der Waals surface area (Å²) in [5.41, 5.74) is 1.37. The Hall–Kier alpha value is -0.570. The molecule has 1 fully saturated rings. The lowest BCUT2D eigenvalue weighted by Gasteiger charge is -2.22. The van der Waals surface area contributed by atoms with Gasteiger partial charge in [0.25, 0.3) is 0 Å². The number of hydrogen-bond acceptors (Lipinski definition) is 2. The van der Waals surface area contributed by atoms with Gasteiger partial charge in [-0.3, -0.25) is 0 Å². The molecule has 1 saturated heterocycles. The first-order chi connectivity index (χ1) is 7.45. The molecular weight excluding hydrogens is 222 g/mol. The topological polar surface area (TPSA) is 21.3 Å². The quantitative estimate of drug-likeness (QED) is 0.874. The van der Waals surface area contributed by atoms with Gasteiger partial charge in [0.05, 0.1) is 12.7 Å². The minimum absolute atomic E-state index is 0. The second-order valence-corrected chi connectivity index (χ2v) is 4.06. The third-order valence-electron chi connectivity index (χ3n) is 2.87. The number of benzene rings is 1. The van der Waals surface area contributed by atoms with Gasteiger partial charge in [-0.05, 0) is 37.9 Å². The van der Waals surface area contributed by atoms with Gasteiger partial charge >= 0.3 is 0 Å². The molecular formula is C13H20ClNO. The fraction of sp³-hybridized carbons (Fsp3) is 0.538. The summed E-state index contributed by atoms with van der Waals surface area (Å²) in [5, 5.41) is 3.34. The van der Waals surface area contributed by atoms with Gasteiger partial charge in [0.15, 0.2) is 0 Å². The number of hydrogen-bond donors (Lipinski definition) is 1. The third kappa shape index (κ3) is 4.52. The zero-order valence-electron chi connectivity index (χ0n) is 9.52. The number of piperidine rings is 1. The second kappa shape index (κ2) is 7.66. The predicted octanol–water partition coefficient (Wildman–Crippen LogP) is 2.42. The van der Waals surface area contributed by atoms with Crippen molar-refractivity contribution in [1.82, 2.24) is 5.32 Å². The maximum absolute atomic E-state index is 5.85. The van der Waals surface area contributed by atoms with Gasteiger partial charge in [-0.2, -0.15) is 0 Å². The Bertz CT molecular complexity index is 273. The highest BCUT2D eigenvalue weighted by molar-refractivity contribution is 5.85. The van der Waals surface area contributed by atoms with Crippen molar-refractivity contribution in [1.29, 1.82) is 0 Å². The Morgan fingerprint density at radius 1 is 1.12 bits per heavy atom. The predicted molar refractivity (Wildman–Crippen MR) is 69.2 cm³/mol. The SMILES string of the molecule is Cl.c1ccc(CCOC2CCNCC2)cc1. The van der Waals surface area contributed by atoms with E-state index in [0.717, 1.165) is 39.0 Å². The standard InChI is InChI=1S/C13H19NO.ClH/c1-2-4-12(5-3-1)8-11-15-13-6-9-14-10-7-13;/h1-5,13-14H,6-11H2;1H. The molecule has 0 amide bonds. The van der Waals surface area contributed by atoms with Gasteiger partial charge in [0.2, 0.25) is 0 Å². The molecule has 1 aromatic carbocycles. The van der Waals surface area contributed by atoms with Crippen LogP contribution in [-0.4, -0.2) is 25.8 Å². The average molecular weight is 242 g/mol. The minimum atomic E-state index is 0. The van der Waals surface area contributed by atoms with E-state index in [1.807, 2.05) is 0 Å². The average Bonchev–Trinajstić information content (AvgIpc) is 2.32. The van der Waals surface area contributed by atoms with Crippen molar-refractivity contribution in [2.45, 2.75) is 25.4 Å². The second-order valence-electron chi connectivity index (χ2n) is 4.06. The maximum Gasteiger partial charge on any atom is 0.0599 e. The van der Waals surface area contributed by atoms with E-state index >= 15 is 0 Å². The third-order valence-corrected chi connectivity index (χ3v) is 2.87. The molecule has 1 aromatic rings. The van der Waals surface area contributed by atoms with Crippen molar-refractivity contribution >= 4 is 12.4 Å². The number of rotatable bonds is 4. The maximum atomic E-state index is 5.85. The van der Waals surface area contributed by atoms with E-state index in [4.69, 9.17) is 4.74 Å². The summed E-state index contributed by atoms with van der Waals surface area (Å²) in [7, 11) is 0. The number of halogens is 1. The van der Waals surface area contributed by atoms with E-state index in [1.165, 1.54) is 5.56 Å². The Morgan fingerprint density at radius 2 is 1.81 bits per heavy atom. The zero-order valence-corrected chi connectivity index (χ0v) is 10.3. The first kappa shape index (κ1) is 13.5. The molecule has 0 unspecified atom stereocenters. The molecule has 0 spiro atoms. The molecule has 0 aliphatic carbocycles. The molecule has 0 saturated carbocycles. The first-order valence-electron chi connectivity index (χ1n) is 5.81. The van der Waals surface area contributed by atoms with E-state index in [9.17, 15) is 0 Å². The van der Waals surface area contributed by atoms with Crippen molar-refractivity contribution in [2.75, 3.05) is 19.7 Å². The summed E-state index contributed by atoms with van der Waals surface area (Å²) in [5.74, 6) is 0. The fourth-order valence-electron chi connectivity index (χ4n) is 1.95. The summed E-state index contributed by atoms with van der Waals surface area (Å²) in [4.78, 5) is 0. The lowest BCUT2D eigenvalue weighted by atomic mass is 10.1. The van der Waals surface area contributed by atoms with E-state index in [1.54, 1.807) is 0 Å². The molecule has 2 rings (SSSR count). The zero-order chi connectivity index (χ0) is 10.3. The molecule has 0 bridgehead atoms. The molecule has 0 atom stereocenters. The van der Waals surface area contributed by atoms with E-state index < -0.39 is 0 Å².